The number of carboxylic acid groups (broad SMARTS) is 1. The van der Waals surface area contributed by atoms with Crippen LogP contribution >= 0.6 is 0 Å². The van der Waals surface area contributed by atoms with E-state index in [0.29, 0.717) is 12.1 Å². The minimum atomic E-state index is -1.00. The van der Waals surface area contributed by atoms with Crippen molar-refractivity contribution in [3.63, 3.8) is 0 Å². The highest BCUT2D eigenvalue weighted by Gasteiger charge is 2.26. The molecule has 1 fully saturated rings. The Morgan fingerprint density at radius 3 is 2.55 bits per heavy atom. The van der Waals surface area contributed by atoms with Gasteiger partial charge >= 0.3 is 5.97 Å². The topological polar surface area (TPSA) is 110 Å². The summed E-state index contributed by atoms with van der Waals surface area (Å²) < 4.78 is 5.17. The van der Waals surface area contributed by atoms with E-state index in [1.54, 1.807) is 18.2 Å². The summed E-state index contributed by atoms with van der Waals surface area (Å²) in [6.45, 7) is 0.794. The molecule has 0 saturated carbocycles. The van der Waals surface area contributed by atoms with Crippen LogP contribution in [0.15, 0.2) is 30.3 Å². The second-order valence-electron chi connectivity index (χ2n) is 4.81. The number of aromatic carboxylic acids is 1. The first-order valence-electron chi connectivity index (χ1n) is 6.68. The third-order valence-electron chi connectivity index (χ3n) is 3.27. The number of carbonyl (C=O) groups is 3. The molecule has 1 aromatic carbocycles. The largest absolute Gasteiger partial charge is 0.478 e. The number of amides is 2. The van der Waals surface area contributed by atoms with E-state index in [4.69, 9.17) is 15.6 Å². The molecule has 0 aromatic heterocycles. The molecule has 116 valence electrons. The molecule has 1 atom stereocenters. The molecule has 0 spiro atoms. The Labute approximate surface area is 127 Å². The fraction of sp³-hybridized carbons (Fsp3) is 0.267. The van der Waals surface area contributed by atoms with Crippen LogP contribution in [0.3, 0.4) is 0 Å². The molecule has 1 saturated heterocycles. The second-order valence-corrected chi connectivity index (χ2v) is 4.81. The molecule has 7 heteroatoms. The van der Waals surface area contributed by atoms with Gasteiger partial charge in [-0.1, -0.05) is 12.1 Å². The number of nitrogens with zero attached hydrogens (tertiary/aromatic N) is 1. The number of carboxylic acids is 1. The third-order valence-corrected chi connectivity index (χ3v) is 3.27. The molecular weight excluding hydrogens is 288 g/mol. The molecule has 0 bridgehead atoms. The lowest BCUT2D eigenvalue weighted by Gasteiger charge is -2.30. The maximum absolute atomic E-state index is 12.1. The first-order valence-corrected chi connectivity index (χ1v) is 6.68. The monoisotopic (exact) mass is 304 g/mol. The SMILES string of the molecule is NC(=O)C1CN(C(=O)/C=C/c2ccc(C(=O)O)cc2)CCO1. The summed E-state index contributed by atoms with van der Waals surface area (Å²) in [7, 11) is 0. The Morgan fingerprint density at radius 2 is 1.95 bits per heavy atom. The number of benzene rings is 1. The predicted octanol–water partition coefficient (Wildman–Crippen LogP) is 0.111. The van der Waals surface area contributed by atoms with Crippen LogP contribution in [0.5, 0.6) is 0 Å². The van der Waals surface area contributed by atoms with Gasteiger partial charge in [-0.3, -0.25) is 9.59 Å². The van der Waals surface area contributed by atoms with E-state index in [1.807, 2.05) is 0 Å². The molecule has 1 aromatic rings. The van der Waals surface area contributed by atoms with E-state index < -0.39 is 18.0 Å². The lowest BCUT2D eigenvalue weighted by Crippen LogP contribution is -2.50. The highest BCUT2D eigenvalue weighted by atomic mass is 16.5. The van der Waals surface area contributed by atoms with Gasteiger partial charge in [0.2, 0.25) is 11.8 Å². The number of carbonyl (C=O) groups excluding carboxylic acids is 2. The quantitative estimate of drug-likeness (QED) is 0.767. The average Bonchev–Trinajstić information content (AvgIpc) is 2.53. The van der Waals surface area contributed by atoms with Crippen LogP contribution in [0.1, 0.15) is 15.9 Å². The zero-order chi connectivity index (χ0) is 16.1. The van der Waals surface area contributed by atoms with Crippen LogP contribution in [0.4, 0.5) is 0 Å². The standard InChI is InChI=1S/C15H16N2O5/c16-14(19)12-9-17(7-8-22-12)13(18)6-3-10-1-4-11(5-2-10)15(20)21/h1-6,12H,7-9H2,(H2,16,19)(H,20,21)/b6-3+. The summed E-state index contributed by atoms with van der Waals surface area (Å²) in [6.07, 6.45) is 2.18. The molecule has 1 aliphatic heterocycles. The smallest absolute Gasteiger partial charge is 0.335 e. The predicted molar refractivity (Wildman–Crippen MR) is 77.9 cm³/mol. The van der Waals surface area contributed by atoms with Gasteiger partial charge < -0.3 is 20.5 Å². The number of hydrogen-bond acceptors (Lipinski definition) is 4. The van der Waals surface area contributed by atoms with Gasteiger partial charge in [-0.05, 0) is 23.8 Å². The number of morpholine rings is 1. The van der Waals surface area contributed by atoms with Crippen molar-refractivity contribution >= 4 is 23.9 Å². The van der Waals surface area contributed by atoms with Gasteiger partial charge in [0.15, 0.2) is 6.10 Å². The molecule has 1 unspecified atom stereocenters. The Balaban J connectivity index is 1.98. The molecule has 0 aliphatic carbocycles. The second kappa shape index (κ2) is 6.86. The molecule has 7 nitrogen and oxygen atoms in total. The molecule has 0 radical (unpaired) electrons. The summed E-state index contributed by atoms with van der Waals surface area (Å²) in [4.78, 5) is 35.4. The maximum Gasteiger partial charge on any atom is 0.335 e. The Hall–Kier alpha value is -2.67. The average molecular weight is 304 g/mol. The van der Waals surface area contributed by atoms with Gasteiger partial charge in [0.05, 0.1) is 18.7 Å². The summed E-state index contributed by atoms with van der Waals surface area (Å²) >= 11 is 0. The van der Waals surface area contributed by atoms with Gasteiger partial charge in [-0.15, -0.1) is 0 Å². The van der Waals surface area contributed by atoms with Crippen LogP contribution in [0.2, 0.25) is 0 Å². The van der Waals surface area contributed by atoms with Crippen molar-refractivity contribution in [1.29, 1.82) is 0 Å². The normalized spacial score (nSPS) is 18.4. The van der Waals surface area contributed by atoms with Crippen molar-refractivity contribution in [2.24, 2.45) is 5.73 Å². The minimum Gasteiger partial charge on any atom is -0.478 e. The maximum atomic E-state index is 12.1. The lowest BCUT2D eigenvalue weighted by molar-refractivity contribution is -0.142. The number of primary amides is 1. The van der Waals surface area contributed by atoms with E-state index in [-0.39, 0.29) is 24.6 Å². The number of ether oxygens (including phenoxy) is 1. The van der Waals surface area contributed by atoms with Gasteiger partial charge in [0, 0.05) is 12.6 Å². The van der Waals surface area contributed by atoms with Crippen LogP contribution < -0.4 is 5.73 Å². The fourth-order valence-electron chi connectivity index (χ4n) is 2.03. The molecule has 3 N–H and O–H groups in total. The Morgan fingerprint density at radius 1 is 1.27 bits per heavy atom. The molecule has 2 amide bonds. The zero-order valence-corrected chi connectivity index (χ0v) is 11.8. The van der Waals surface area contributed by atoms with E-state index in [1.165, 1.54) is 23.1 Å². The number of rotatable bonds is 4. The highest BCUT2D eigenvalue weighted by molar-refractivity contribution is 5.93. The summed E-state index contributed by atoms with van der Waals surface area (Å²) in [6, 6.07) is 6.15. The molecule has 2 rings (SSSR count). The van der Waals surface area contributed by atoms with E-state index in [2.05, 4.69) is 0 Å². The van der Waals surface area contributed by atoms with Crippen molar-refractivity contribution in [2.75, 3.05) is 19.7 Å². The molecule has 1 aliphatic rings. The van der Waals surface area contributed by atoms with Crippen molar-refractivity contribution in [2.45, 2.75) is 6.10 Å². The molecule has 1 heterocycles. The molecular formula is C15H16N2O5. The van der Waals surface area contributed by atoms with Crippen LogP contribution in [0, 0.1) is 0 Å². The number of nitrogens with two attached hydrogens (primary N) is 1. The van der Waals surface area contributed by atoms with E-state index in [9.17, 15) is 14.4 Å². The Bertz CT molecular complexity index is 609. The summed E-state index contributed by atoms with van der Waals surface area (Å²) in [5, 5.41) is 8.81. The number of hydrogen-bond donors (Lipinski definition) is 2. The van der Waals surface area contributed by atoms with E-state index in [0.717, 1.165) is 0 Å². The Kier molecular flexibility index (Phi) is 4.90. The lowest BCUT2D eigenvalue weighted by atomic mass is 10.1. The fourth-order valence-corrected chi connectivity index (χ4v) is 2.03. The van der Waals surface area contributed by atoms with Gasteiger partial charge in [-0.25, -0.2) is 4.79 Å². The molecule has 22 heavy (non-hydrogen) atoms. The van der Waals surface area contributed by atoms with Crippen molar-refractivity contribution in [3.05, 3.63) is 41.5 Å². The van der Waals surface area contributed by atoms with Crippen molar-refractivity contribution in [3.8, 4) is 0 Å². The zero-order valence-electron chi connectivity index (χ0n) is 11.8. The first kappa shape index (κ1) is 15.7. The minimum absolute atomic E-state index is 0.135. The van der Waals surface area contributed by atoms with Gasteiger partial charge in [0.25, 0.3) is 0 Å². The van der Waals surface area contributed by atoms with E-state index >= 15 is 0 Å². The first-order chi connectivity index (χ1) is 10.5. The van der Waals surface area contributed by atoms with Gasteiger partial charge in [0.1, 0.15) is 0 Å². The third kappa shape index (κ3) is 3.92. The van der Waals surface area contributed by atoms with Crippen molar-refractivity contribution in [1.82, 2.24) is 4.90 Å². The van der Waals surface area contributed by atoms with Crippen molar-refractivity contribution < 1.29 is 24.2 Å². The van der Waals surface area contributed by atoms with Crippen LogP contribution in [-0.2, 0) is 14.3 Å². The highest BCUT2D eigenvalue weighted by Crippen LogP contribution is 2.09. The van der Waals surface area contributed by atoms with Crippen LogP contribution in [-0.4, -0.2) is 53.6 Å². The summed E-state index contributed by atoms with van der Waals surface area (Å²) in [5.41, 5.74) is 6.05. The van der Waals surface area contributed by atoms with Crippen LogP contribution in [0.25, 0.3) is 6.08 Å². The summed E-state index contributed by atoms with van der Waals surface area (Å²) in [5.74, 6) is -1.85. The van der Waals surface area contributed by atoms with Gasteiger partial charge in [-0.2, -0.15) is 0 Å².